The third-order valence-corrected chi connectivity index (χ3v) is 2.85. The van der Waals surface area contributed by atoms with E-state index in [4.69, 9.17) is 0 Å². The first-order valence-corrected chi connectivity index (χ1v) is 5.40. The van der Waals surface area contributed by atoms with E-state index in [9.17, 15) is 0 Å². The lowest BCUT2D eigenvalue weighted by Gasteiger charge is -2.11. The molecule has 0 aromatic heterocycles. The van der Waals surface area contributed by atoms with E-state index in [-0.39, 0.29) is 0 Å². The monoisotopic (exact) mass is 196 g/mol. The maximum absolute atomic E-state index is 4.04. The molecule has 0 radical (unpaired) electrons. The van der Waals surface area contributed by atoms with Crippen LogP contribution in [-0.2, 0) is 6.42 Å². The van der Waals surface area contributed by atoms with Crippen molar-refractivity contribution in [1.82, 2.24) is 0 Å². The summed E-state index contributed by atoms with van der Waals surface area (Å²) in [5.41, 5.74) is 3.87. The second-order valence-corrected chi connectivity index (χ2v) is 3.95. The highest BCUT2D eigenvalue weighted by Gasteiger charge is 2.05. The van der Waals surface area contributed by atoms with E-state index in [0.29, 0.717) is 0 Å². The number of fused-ring (bicyclic) bond motifs is 1. The summed E-state index contributed by atoms with van der Waals surface area (Å²) in [6, 6.07) is 12.9. The molecule has 0 unspecified atom stereocenters. The molecule has 0 bridgehead atoms. The molecule has 0 fully saturated rings. The van der Waals surface area contributed by atoms with Gasteiger partial charge in [0.05, 0.1) is 0 Å². The van der Waals surface area contributed by atoms with Crippen molar-refractivity contribution in [3.8, 4) is 0 Å². The van der Waals surface area contributed by atoms with Gasteiger partial charge in [0.25, 0.3) is 0 Å². The Bertz CT molecular complexity index is 506. The average molecular weight is 196 g/mol. The molecule has 2 rings (SSSR count). The van der Waals surface area contributed by atoms with Crippen LogP contribution in [0, 0.1) is 0 Å². The lowest BCUT2D eigenvalue weighted by atomic mass is 9.94. The molecule has 0 N–H and O–H groups in total. The molecule has 0 heteroatoms. The van der Waals surface area contributed by atoms with Gasteiger partial charge < -0.3 is 0 Å². The minimum atomic E-state index is 1.06. The minimum absolute atomic E-state index is 1.06. The molecule has 0 heterocycles. The standard InChI is InChI=1S/C15H16/c1-4-13-14(11(2)3)10-9-12-7-5-6-8-15(12)13/h5-10H,2,4H2,1,3H3. The Hall–Kier alpha value is -1.56. The summed E-state index contributed by atoms with van der Waals surface area (Å²) in [4.78, 5) is 0. The maximum Gasteiger partial charge on any atom is -0.0146 e. The van der Waals surface area contributed by atoms with Crippen LogP contribution in [0.15, 0.2) is 43.0 Å². The Labute approximate surface area is 91.2 Å². The number of hydrogen-bond acceptors (Lipinski definition) is 0. The summed E-state index contributed by atoms with van der Waals surface area (Å²) in [6.45, 7) is 8.32. The van der Waals surface area contributed by atoms with Crippen molar-refractivity contribution in [3.05, 3.63) is 54.1 Å². The van der Waals surface area contributed by atoms with Gasteiger partial charge in [0.15, 0.2) is 0 Å². The van der Waals surface area contributed by atoms with Gasteiger partial charge in [0, 0.05) is 0 Å². The van der Waals surface area contributed by atoms with Gasteiger partial charge in [-0.25, -0.2) is 0 Å². The van der Waals surface area contributed by atoms with E-state index in [2.05, 4.69) is 56.8 Å². The number of rotatable bonds is 2. The number of allylic oxidation sites excluding steroid dienone is 1. The lowest BCUT2D eigenvalue weighted by Crippen LogP contribution is -1.91. The first kappa shape index (κ1) is 9.97. The van der Waals surface area contributed by atoms with Crippen LogP contribution in [0.25, 0.3) is 16.3 Å². The Morgan fingerprint density at radius 2 is 1.87 bits per heavy atom. The molecule has 0 aliphatic heterocycles. The van der Waals surface area contributed by atoms with Crippen LogP contribution in [0.4, 0.5) is 0 Å². The van der Waals surface area contributed by atoms with Crippen LogP contribution < -0.4 is 0 Å². The van der Waals surface area contributed by atoms with Crippen LogP contribution in [0.3, 0.4) is 0 Å². The molecular weight excluding hydrogens is 180 g/mol. The Balaban J connectivity index is 2.81. The molecule has 0 amide bonds. The van der Waals surface area contributed by atoms with E-state index in [1.165, 1.54) is 21.9 Å². The second kappa shape index (κ2) is 3.90. The van der Waals surface area contributed by atoms with Gasteiger partial charge in [-0.15, -0.1) is 0 Å². The average Bonchev–Trinajstić information content (AvgIpc) is 2.27. The van der Waals surface area contributed by atoms with Crippen LogP contribution in [-0.4, -0.2) is 0 Å². The molecule has 2 aromatic carbocycles. The number of hydrogen-bond donors (Lipinski definition) is 0. The highest BCUT2D eigenvalue weighted by molar-refractivity contribution is 5.90. The van der Waals surface area contributed by atoms with E-state index >= 15 is 0 Å². The smallest absolute Gasteiger partial charge is 0.0146 e. The molecule has 0 aliphatic carbocycles. The van der Waals surface area contributed by atoms with Gasteiger partial charge in [-0.05, 0) is 35.2 Å². The van der Waals surface area contributed by atoms with Gasteiger partial charge in [-0.3, -0.25) is 0 Å². The van der Waals surface area contributed by atoms with Crippen molar-refractivity contribution in [2.75, 3.05) is 0 Å². The molecule has 2 aromatic rings. The Morgan fingerprint density at radius 3 is 2.53 bits per heavy atom. The lowest BCUT2D eigenvalue weighted by molar-refractivity contribution is 1.15. The van der Waals surface area contributed by atoms with Gasteiger partial charge in [-0.1, -0.05) is 55.5 Å². The summed E-state index contributed by atoms with van der Waals surface area (Å²) in [5, 5.41) is 2.68. The molecule has 0 spiro atoms. The summed E-state index contributed by atoms with van der Waals surface area (Å²) in [7, 11) is 0. The van der Waals surface area contributed by atoms with E-state index in [1.54, 1.807) is 0 Å². The molecule has 0 aliphatic rings. The number of aryl methyl sites for hydroxylation is 1. The zero-order valence-corrected chi connectivity index (χ0v) is 9.38. The third kappa shape index (κ3) is 1.68. The predicted octanol–water partition coefficient (Wildman–Crippen LogP) is 4.44. The van der Waals surface area contributed by atoms with Crippen LogP contribution >= 0.6 is 0 Å². The Kier molecular flexibility index (Phi) is 2.59. The molecule has 76 valence electrons. The SMILES string of the molecule is C=C(C)c1ccc2ccccc2c1CC. The third-order valence-electron chi connectivity index (χ3n) is 2.85. The first-order chi connectivity index (χ1) is 7.24. The maximum atomic E-state index is 4.04. The van der Waals surface area contributed by atoms with E-state index in [0.717, 1.165) is 12.0 Å². The van der Waals surface area contributed by atoms with Crippen molar-refractivity contribution in [2.24, 2.45) is 0 Å². The van der Waals surface area contributed by atoms with Crippen LogP contribution in [0.1, 0.15) is 25.0 Å². The van der Waals surface area contributed by atoms with Gasteiger partial charge >= 0.3 is 0 Å². The van der Waals surface area contributed by atoms with Crippen molar-refractivity contribution >= 4 is 16.3 Å². The summed E-state index contributed by atoms with van der Waals surface area (Å²) < 4.78 is 0. The fraction of sp³-hybridized carbons (Fsp3) is 0.200. The summed E-state index contributed by atoms with van der Waals surface area (Å²) in [6.07, 6.45) is 1.06. The molecule has 0 atom stereocenters. The molecule has 0 saturated carbocycles. The quantitative estimate of drug-likeness (QED) is 0.666. The second-order valence-electron chi connectivity index (χ2n) is 3.95. The van der Waals surface area contributed by atoms with Crippen LogP contribution in [0.5, 0.6) is 0 Å². The van der Waals surface area contributed by atoms with Gasteiger partial charge in [-0.2, -0.15) is 0 Å². The number of benzene rings is 2. The normalized spacial score (nSPS) is 10.5. The van der Waals surface area contributed by atoms with Gasteiger partial charge in [0.2, 0.25) is 0 Å². The van der Waals surface area contributed by atoms with Crippen molar-refractivity contribution in [3.63, 3.8) is 0 Å². The van der Waals surface area contributed by atoms with Crippen molar-refractivity contribution < 1.29 is 0 Å². The molecule has 15 heavy (non-hydrogen) atoms. The fourth-order valence-corrected chi connectivity index (χ4v) is 2.12. The first-order valence-electron chi connectivity index (χ1n) is 5.40. The molecule has 0 saturated heterocycles. The predicted molar refractivity (Wildman–Crippen MR) is 68.0 cm³/mol. The van der Waals surface area contributed by atoms with Crippen molar-refractivity contribution in [2.45, 2.75) is 20.3 Å². The molecular formula is C15H16. The highest BCUT2D eigenvalue weighted by Crippen LogP contribution is 2.26. The topological polar surface area (TPSA) is 0 Å². The fourth-order valence-electron chi connectivity index (χ4n) is 2.12. The zero-order valence-electron chi connectivity index (χ0n) is 9.38. The summed E-state index contributed by atoms with van der Waals surface area (Å²) in [5.74, 6) is 0. The highest BCUT2D eigenvalue weighted by atomic mass is 14.1. The Morgan fingerprint density at radius 1 is 1.13 bits per heavy atom. The molecule has 0 nitrogen and oxygen atoms in total. The van der Waals surface area contributed by atoms with Crippen LogP contribution in [0.2, 0.25) is 0 Å². The zero-order chi connectivity index (χ0) is 10.8. The minimum Gasteiger partial charge on any atom is -0.0955 e. The van der Waals surface area contributed by atoms with E-state index < -0.39 is 0 Å². The van der Waals surface area contributed by atoms with Gasteiger partial charge in [0.1, 0.15) is 0 Å². The summed E-state index contributed by atoms with van der Waals surface area (Å²) >= 11 is 0. The van der Waals surface area contributed by atoms with E-state index in [1.807, 2.05) is 0 Å². The largest absolute Gasteiger partial charge is 0.0955 e. The van der Waals surface area contributed by atoms with Crippen molar-refractivity contribution in [1.29, 1.82) is 0 Å².